The molecule has 2 rings (SSSR count). The standard InChI is InChI=1S/C13H13N3O2/c1-2-10-8-15-12(18)16-13(10,14)11(17)9-6-4-3-5-7-9/h2-8H,1,14H2,(H2,15,16,18). The lowest BCUT2D eigenvalue weighted by molar-refractivity contribution is 0.0891. The summed E-state index contributed by atoms with van der Waals surface area (Å²) in [6.45, 7) is 3.59. The molecule has 0 radical (unpaired) electrons. The molecule has 2 amide bonds. The largest absolute Gasteiger partial charge is 0.320 e. The lowest BCUT2D eigenvalue weighted by Crippen LogP contribution is -2.66. The number of nitrogens with two attached hydrogens (primary N) is 1. The van der Waals surface area contributed by atoms with Crippen LogP contribution in [0.15, 0.2) is 54.8 Å². The molecule has 1 atom stereocenters. The van der Waals surface area contributed by atoms with Crippen molar-refractivity contribution in [3.05, 3.63) is 60.3 Å². The molecule has 1 aliphatic heterocycles. The zero-order valence-corrected chi connectivity index (χ0v) is 9.64. The first-order valence-electron chi connectivity index (χ1n) is 5.38. The first kappa shape index (κ1) is 12.1. The summed E-state index contributed by atoms with van der Waals surface area (Å²) < 4.78 is 0. The van der Waals surface area contributed by atoms with Crippen molar-refractivity contribution < 1.29 is 9.59 Å². The number of hydrogen-bond acceptors (Lipinski definition) is 3. The highest BCUT2D eigenvalue weighted by atomic mass is 16.2. The number of rotatable bonds is 3. The van der Waals surface area contributed by atoms with Crippen LogP contribution in [0.2, 0.25) is 0 Å². The first-order chi connectivity index (χ1) is 8.58. The van der Waals surface area contributed by atoms with E-state index < -0.39 is 11.7 Å². The molecule has 92 valence electrons. The number of urea groups is 1. The second kappa shape index (κ2) is 4.46. The van der Waals surface area contributed by atoms with Crippen molar-refractivity contribution in [2.75, 3.05) is 0 Å². The highest BCUT2D eigenvalue weighted by Gasteiger charge is 2.41. The van der Waals surface area contributed by atoms with Crippen LogP contribution in [-0.2, 0) is 0 Å². The Balaban J connectivity index is 2.44. The molecule has 0 bridgehead atoms. The van der Waals surface area contributed by atoms with E-state index >= 15 is 0 Å². The van der Waals surface area contributed by atoms with Gasteiger partial charge in [0.05, 0.1) is 0 Å². The van der Waals surface area contributed by atoms with Gasteiger partial charge in [0.25, 0.3) is 0 Å². The molecule has 1 unspecified atom stereocenters. The maximum atomic E-state index is 12.4. The van der Waals surface area contributed by atoms with E-state index in [0.29, 0.717) is 11.1 Å². The Morgan fingerprint density at radius 2 is 2.00 bits per heavy atom. The fraction of sp³-hybridized carbons (Fsp3) is 0.0769. The molecule has 1 aromatic rings. The summed E-state index contributed by atoms with van der Waals surface area (Å²) in [5.41, 5.74) is 5.28. The van der Waals surface area contributed by atoms with Gasteiger partial charge in [0.1, 0.15) is 0 Å². The van der Waals surface area contributed by atoms with Crippen molar-refractivity contribution in [2.24, 2.45) is 5.73 Å². The van der Waals surface area contributed by atoms with Crippen LogP contribution in [0.1, 0.15) is 10.4 Å². The van der Waals surface area contributed by atoms with Crippen molar-refractivity contribution in [2.45, 2.75) is 5.66 Å². The minimum atomic E-state index is -1.58. The number of amides is 2. The topological polar surface area (TPSA) is 84.2 Å². The van der Waals surface area contributed by atoms with E-state index in [9.17, 15) is 9.59 Å². The van der Waals surface area contributed by atoms with Crippen LogP contribution in [0, 0.1) is 0 Å². The second-order valence-corrected chi connectivity index (χ2v) is 3.91. The minimum absolute atomic E-state index is 0.385. The summed E-state index contributed by atoms with van der Waals surface area (Å²) in [7, 11) is 0. The molecular formula is C13H13N3O2. The quantitative estimate of drug-likeness (QED) is 0.690. The molecule has 1 heterocycles. The van der Waals surface area contributed by atoms with Gasteiger partial charge < -0.3 is 10.6 Å². The summed E-state index contributed by atoms with van der Waals surface area (Å²) in [4.78, 5) is 23.7. The van der Waals surface area contributed by atoms with Gasteiger partial charge in [-0.3, -0.25) is 10.5 Å². The van der Waals surface area contributed by atoms with Gasteiger partial charge in [0, 0.05) is 17.3 Å². The molecule has 0 aromatic heterocycles. The number of ketones is 1. The third-order valence-electron chi connectivity index (χ3n) is 2.74. The molecule has 5 heteroatoms. The number of nitrogens with one attached hydrogen (secondary N) is 2. The number of carbonyl (C=O) groups is 2. The molecule has 0 saturated heterocycles. The number of hydrogen-bond donors (Lipinski definition) is 3. The molecule has 5 nitrogen and oxygen atoms in total. The Labute approximate surface area is 104 Å². The van der Waals surface area contributed by atoms with Crippen molar-refractivity contribution in [3.63, 3.8) is 0 Å². The van der Waals surface area contributed by atoms with Gasteiger partial charge in [-0.1, -0.05) is 43.0 Å². The van der Waals surface area contributed by atoms with Crippen LogP contribution in [0.3, 0.4) is 0 Å². The maximum absolute atomic E-state index is 12.4. The Hall–Kier alpha value is -2.40. The SMILES string of the molecule is C=CC1=CNC(=O)NC1(N)C(=O)c1ccccc1. The number of benzene rings is 1. The van der Waals surface area contributed by atoms with Gasteiger partial charge in [-0.2, -0.15) is 0 Å². The van der Waals surface area contributed by atoms with Crippen LogP contribution >= 0.6 is 0 Å². The van der Waals surface area contributed by atoms with Gasteiger partial charge in [0.15, 0.2) is 5.66 Å². The van der Waals surface area contributed by atoms with Crippen molar-refractivity contribution in [3.8, 4) is 0 Å². The van der Waals surface area contributed by atoms with E-state index in [0.717, 1.165) is 0 Å². The van der Waals surface area contributed by atoms with E-state index in [1.165, 1.54) is 12.3 Å². The minimum Gasteiger partial charge on any atom is -0.314 e. The molecular weight excluding hydrogens is 230 g/mol. The summed E-state index contributed by atoms with van der Waals surface area (Å²) in [6, 6.07) is 8.03. The summed E-state index contributed by atoms with van der Waals surface area (Å²) in [5, 5.41) is 4.86. The Bertz CT molecular complexity index is 536. The lowest BCUT2D eigenvalue weighted by atomic mass is 9.90. The molecule has 4 N–H and O–H groups in total. The highest BCUT2D eigenvalue weighted by molar-refractivity contribution is 6.07. The summed E-state index contributed by atoms with van der Waals surface area (Å²) >= 11 is 0. The second-order valence-electron chi connectivity index (χ2n) is 3.91. The molecule has 1 aromatic carbocycles. The van der Waals surface area contributed by atoms with Crippen LogP contribution in [0.4, 0.5) is 4.79 Å². The monoisotopic (exact) mass is 243 g/mol. The van der Waals surface area contributed by atoms with Crippen molar-refractivity contribution in [1.82, 2.24) is 10.6 Å². The lowest BCUT2D eigenvalue weighted by Gasteiger charge is -2.33. The van der Waals surface area contributed by atoms with Crippen LogP contribution < -0.4 is 16.4 Å². The van der Waals surface area contributed by atoms with Crippen LogP contribution in [0.25, 0.3) is 0 Å². The van der Waals surface area contributed by atoms with E-state index in [1.807, 2.05) is 0 Å². The molecule has 0 aliphatic carbocycles. The fourth-order valence-corrected chi connectivity index (χ4v) is 1.77. The highest BCUT2D eigenvalue weighted by Crippen LogP contribution is 2.20. The first-order valence-corrected chi connectivity index (χ1v) is 5.38. The zero-order chi connectivity index (χ0) is 13.2. The van der Waals surface area contributed by atoms with E-state index in [1.54, 1.807) is 30.3 Å². The average Bonchev–Trinajstić information content (AvgIpc) is 2.39. The summed E-state index contributed by atoms with van der Waals surface area (Å²) in [6.07, 6.45) is 2.82. The molecule has 1 aliphatic rings. The Kier molecular flexibility index (Phi) is 2.99. The average molecular weight is 243 g/mol. The van der Waals surface area contributed by atoms with E-state index in [2.05, 4.69) is 17.2 Å². The third kappa shape index (κ3) is 1.91. The van der Waals surface area contributed by atoms with E-state index in [-0.39, 0.29) is 5.78 Å². The molecule has 18 heavy (non-hydrogen) atoms. The number of Topliss-reactive ketones (excluding diaryl/α,β-unsaturated/α-hetero) is 1. The van der Waals surface area contributed by atoms with Gasteiger partial charge in [0.2, 0.25) is 5.78 Å². The van der Waals surface area contributed by atoms with Gasteiger partial charge >= 0.3 is 6.03 Å². The number of carbonyl (C=O) groups excluding carboxylic acids is 2. The molecule has 0 spiro atoms. The predicted octanol–water partition coefficient (Wildman–Crippen LogP) is 0.907. The van der Waals surface area contributed by atoms with Crippen molar-refractivity contribution >= 4 is 11.8 Å². The summed E-state index contributed by atoms with van der Waals surface area (Å²) in [5.74, 6) is -0.385. The van der Waals surface area contributed by atoms with Gasteiger partial charge in [-0.15, -0.1) is 0 Å². The normalized spacial score (nSPS) is 22.5. The smallest absolute Gasteiger partial charge is 0.314 e. The molecule has 0 saturated carbocycles. The predicted molar refractivity (Wildman–Crippen MR) is 67.6 cm³/mol. The Morgan fingerprint density at radius 3 is 2.61 bits per heavy atom. The van der Waals surface area contributed by atoms with Gasteiger partial charge in [-0.05, 0) is 0 Å². The van der Waals surface area contributed by atoms with Crippen LogP contribution in [0.5, 0.6) is 0 Å². The third-order valence-corrected chi connectivity index (χ3v) is 2.74. The molecule has 0 fully saturated rings. The fourth-order valence-electron chi connectivity index (χ4n) is 1.77. The Morgan fingerprint density at radius 1 is 1.33 bits per heavy atom. The zero-order valence-electron chi connectivity index (χ0n) is 9.64. The van der Waals surface area contributed by atoms with Crippen molar-refractivity contribution in [1.29, 1.82) is 0 Å². The van der Waals surface area contributed by atoms with Gasteiger partial charge in [-0.25, -0.2) is 4.79 Å². The maximum Gasteiger partial charge on any atom is 0.320 e. The van der Waals surface area contributed by atoms with Crippen LogP contribution in [-0.4, -0.2) is 17.5 Å². The van der Waals surface area contributed by atoms with E-state index in [4.69, 9.17) is 5.73 Å².